The molecule has 4 aromatic rings. The minimum atomic E-state index is -0.508. The Balaban J connectivity index is 1.59. The molecule has 4 heterocycles. The Bertz CT molecular complexity index is 1250. The smallest absolute Gasteiger partial charge is 0.265 e. The lowest BCUT2D eigenvalue weighted by Crippen LogP contribution is -2.15. The summed E-state index contributed by atoms with van der Waals surface area (Å²) in [4.78, 5) is 26.0. The van der Waals surface area contributed by atoms with E-state index in [-0.39, 0.29) is 0 Å². The largest absolute Gasteiger partial charge is 0.366 e. The molecular weight excluding hydrogens is 390 g/mol. The maximum absolute atomic E-state index is 11.8. The van der Waals surface area contributed by atoms with Gasteiger partial charge in [0.25, 0.3) is 5.91 Å². The first-order valence-electron chi connectivity index (χ1n) is 10.4. The Kier molecular flexibility index (Phi) is 5.05. The number of aromatic nitrogens is 4. The van der Waals surface area contributed by atoms with Crippen molar-refractivity contribution in [3.05, 3.63) is 77.4 Å². The molecule has 1 amide bonds. The second-order valence-electron chi connectivity index (χ2n) is 7.56. The van der Waals surface area contributed by atoms with E-state index in [2.05, 4.69) is 27.8 Å². The molecule has 1 aromatic carbocycles. The summed E-state index contributed by atoms with van der Waals surface area (Å²) in [5.41, 5.74) is 10.6. The highest BCUT2D eigenvalue weighted by atomic mass is 16.1. The molecule has 0 saturated heterocycles. The van der Waals surface area contributed by atoms with Crippen LogP contribution in [0.1, 0.15) is 33.7 Å². The van der Waals surface area contributed by atoms with E-state index < -0.39 is 5.91 Å². The van der Waals surface area contributed by atoms with Gasteiger partial charge in [-0.3, -0.25) is 9.20 Å². The van der Waals surface area contributed by atoms with Gasteiger partial charge in [0.15, 0.2) is 5.82 Å². The zero-order valence-corrected chi connectivity index (χ0v) is 17.0. The van der Waals surface area contributed by atoms with E-state index in [0.717, 1.165) is 42.0 Å². The van der Waals surface area contributed by atoms with Crippen LogP contribution in [0.2, 0.25) is 0 Å². The van der Waals surface area contributed by atoms with Crippen LogP contribution in [0.15, 0.2) is 54.9 Å². The van der Waals surface area contributed by atoms with Crippen molar-refractivity contribution in [3.8, 4) is 11.5 Å². The van der Waals surface area contributed by atoms with Crippen LogP contribution in [0.3, 0.4) is 0 Å². The number of benzene rings is 1. The number of carbonyl (C=O) groups excluding carboxylic acids is 1. The van der Waals surface area contributed by atoms with Gasteiger partial charge in [0.05, 0.1) is 11.2 Å². The number of fused-ring (bicyclic) bond motifs is 2. The second-order valence-corrected chi connectivity index (χ2v) is 7.56. The average Bonchev–Trinajstić information content (AvgIpc) is 3.08. The SMILES string of the molecule is NC(=O)c1cccc2c(-c3nc4c(c(NCc5ccccc5)n3)CCCNC4)ncn12. The van der Waals surface area contributed by atoms with E-state index in [1.165, 1.54) is 5.56 Å². The number of carbonyl (C=O) groups is 1. The molecule has 8 nitrogen and oxygen atoms in total. The lowest BCUT2D eigenvalue weighted by Gasteiger charge is -2.14. The third kappa shape index (κ3) is 3.73. The van der Waals surface area contributed by atoms with Gasteiger partial charge in [0.2, 0.25) is 0 Å². The number of pyridine rings is 1. The van der Waals surface area contributed by atoms with Crippen molar-refractivity contribution in [2.75, 3.05) is 11.9 Å². The number of primary amides is 1. The van der Waals surface area contributed by atoms with Gasteiger partial charge in [-0.2, -0.15) is 0 Å². The minimum Gasteiger partial charge on any atom is -0.366 e. The van der Waals surface area contributed by atoms with Crippen molar-refractivity contribution in [1.29, 1.82) is 0 Å². The van der Waals surface area contributed by atoms with Gasteiger partial charge in [0.1, 0.15) is 23.5 Å². The lowest BCUT2D eigenvalue weighted by molar-refractivity contribution is 0.0994. The second kappa shape index (κ2) is 8.16. The molecule has 0 atom stereocenters. The number of nitrogens with zero attached hydrogens (tertiary/aromatic N) is 4. The van der Waals surface area contributed by atoms with E-state index in [4.69, 9.17) is 15.7 Å². The molecule has 3 aromatic heterocycles. The van der Waals surface area contributed by atoms with Gasteiger partial charge in [0, 0.05) is 18.7 Å². The molecule has 31 heavy (non-hydrogen) atoms. The van der Waals surface area contributed by atoms with Crippen LogP contribution in [-0.4, -0.2) is 31.8 Å². The normalized spacial score (nSPS) is 13.5. The van der Waals surface area contributed by atoms with Crippen LogP contribution in [0.5, 0.6) is 0 Å². The van der Waals surface area contributed by atoms with Crippen molar-refractivity contribution in [3.63, 3.8) is 0 Å². The molecular formula is C23H23N7O. The maximum Gasteiger partial charge on any atom is 0.265 e. The summed E-state index contributed by atoms with van der Waals surface area (Å²) in [6.45, 7) is 2.30. The molecule has 4 N–H and O–H groups in total. The Labute approximate surface area is 179 Å². The van der Waals surface area contributed by atoms with Gasteiger partial charge >= 0.3 is 0 Å². The molecule has 0 unspecified atom stereocenters. The third-order valence-electron chi connectivity index (χ3n) is 5.50. The van der Waals surface area contributed by atoms with Crippen molar-refractivity contribution in [1.82, 2.24) is 24.7 Å². The fraction of sp³-hybridized carbons (Fsp3) is 0.217. The Morgan fingerprint density at radius 1 is 1.13 bits per heavy atom. The predicted molar refractivity (Wildman–Crippen MR) is 119 cm³/mol. The van der Waals surface area contributed by atoms with Crippen molar-refractivity contribution in [2.45, 2.75) is 25.9 Å². The lowest BCUT2D eigenvalue weighted by atomic mass is 10.1. The van der Waals surface area contributed by atoms with Gasteiger partial charge in [-0.1, -0.05) is 36.4 Å². The van der Waals surface area contributed by atoms with E-state index >= 15 is 0 Å². The summed E-state index contributed by atoms with van der Waals surface area (Å²) in [7, 11) is 0. The van der Waals surface area contributed by atoms with E-state index in [9.17, 15) is 4.79 Å². The summed E-state index contributed by atoms with van der Waals surface area (Å²) in [5, 5.41) is 6.94. The zero-order valence-electron chi connectivity index (χ0n) is 17.0. The minimum absolute atomic E-state index is 0.370. The van der Waals surface area contributed by atoms with Crippen molar-refractivity contribution in [2.24, 2.45) is 5.73 Å². The molecule has 0 fully saturated rings. The molecule has 0 radical (unpaired) electrons. The predicted octanol–water partition coefficient (Wildman–Crippen LogP) is 2.54. The fourth-order valence-corrected chi connectivity index (χ4v) is 3.96. The number of rotatable bonds is 5. The van der Waals surface area contributed by atoms with Crippen LogP contribution in [0.4, 0.5) is 5.82 Å². The standard InChI is InChI=1S/C23H23N7O/c24-21(31)19-10-4-9-18-20(27-14-30(18)19)23-28-17-13-25-11-5-8-16(17)22(29-23)26-12-15-6-2-1-3-7-15/h1-4,6-7,9-10,14,25H,5,8,11-13H2,(H2,24,31)(H,26,28,29). The third-order valence-corrected chi connectivity index (χ3v) is 5.50. The number of hydrogen-bond acceptors (Lipinski definition) is 6. The van der Waals surface area contributed by atoms with Crippen LogP contribution in [0.25, 0.3) is 17.0 Å². The number of anilines is 1. The van der Waals surface area contributed by atoms with Gasteiger partial charge in [-0.05, 0) is 37.1 Å². The molecule has 0 saturated carbocycles. The molecule has 1 aliphatic rings. The van der Waals surface area contributed by atoms with Crippen molar-refractivity contribution >= 4 is 17.2 Å². The summed E-state index contributed by atoms with van der Waals surface area (Å²) in [5.74, 6) is 0.855. The van der Waals surface area contributed by atoms with E-state index in [1.807, 2.05) is 24.3 Å². The Morgan fingerprint density at radius 3 is 2.84 bits per heavy atom. The Morgan fingerprint density at radius 2 is 2.00 bits per heavy atom. The first-order valence-corrected chi connectivity index (χ1v) is 10.4. The summed E-state index contributed by atoms with van der Waals surface area (Å²) in [6, 6.07) is 15.6. The first-order chi connectivity index (χ1) is 15.2. The number of imidazole rings is 1. The summed E-state index contributed by atoms with van der Waals surface area (Å²) < 4.78 is 1.68. The van der Waals surface area contributed by atoms with Crippen LogP contribution < -0.4 is 16.4 Å². The molecule has 0 bridgehead atoms. The number of nitrogens with two attached hydrogens (primary N) is 1. The molecule has 0 aliphatic carbocycles. The quantitative estimate of drug-likeness (QED) is 0.464. The van der Waals surface area contributed by atoms with E-state index in [1.54, 1.807) is 22.9 Å². The number of nitrogens with one attached hydrogen (secondary N) is 2. The van der Waals surface area contributed by atoms with Crippen LogP contribution in [0, 0.1) is 0 Å². The monoisotopic (exact) mass is 413 g/mol. The van der Waals surface area contributed by atoms with E-state index in [0.29, 0.717) is 30.3 Å². The highest BCUT2D eigenvalue weighted by molar-refractivity contribution is 5.92. The zero-order chi connectivity index (χ0) is 21.2. The number of hydrogen-bond donors (Lipinski definition) is 3. The van der Waals surface area contributed by atoms with Crippen molar-refractivity contribution < 1.29 is 4.79 Å². The topological polar surface area (TPSA) is 110 Å². The molecule has 1 aliphatic heterocycles. The van der Waals surface area contributed by atoms with Gasteiger partial charge in [-0.25, -0.2) is 15.0 Å². The molecule has 156 valence electrons. The molecule has 0 spiro atoms. The molecule has 5 rings (SSSR count). The fourth-order valence-electron chi connectivity index (χ4n) is 3.96. The van der Waals surface area contributed by atoms with Gasteiger partial charge in [-0.15, -0.1) is 0 Å². The maximum atomic E-state index is 11.8. The van der Waals surface area contributed by atoms with Crippen LogP contribution in [-0.2, 0) is 19.5 Å². The summed E-state index contributed by atoms with van der Waals surface area (Å²) in [6.07, 6.45) is 3.54. The Hall–Kier alpha value is -3.78. The summed E-state index contributed by atoms with van der Waals surface area (Å²) >= 11 is 0. The highest BCUT2D eigenvalue weighted by Gasteiger charge is 2.20. The highest BCUT2D eigenvalue weighted by Crippen LogP contribution is 2.27. The number of amides is 1. The van der Waals surface area contributed by atoms with Gasteiger partial charge < -0.3 is 16.4 Å². The average molecular weight is 413 g/mol. The molecule has 8 heteroatoms. The van der Waals surface area contributed by atoms with Crippen LogP contribution >= 0.6 is 0 Å². The first kappa shape index (κ1) is 19.2.